The first-order valence-corrected chi connectivity index (χ1v) is 7.56. The highest BCUT2D eigenvalue weighted by molar-refractivity contribution is 5.82. The molecule has 0 aliphatic carbocycles. The van der Waals surface area contributed by atoms with Crippen LogP contribution in [0.2, 0.25) is 0 Å². The molecule has 0 saturated carbocycles. The summed E-state index contributed by atoms with van der Waals surface area (Å²) in [4.78, 5) is 16.7. The van der Waals surface area contributed by atoms with E-state index in [0.717, 1.165) is 11.1 Å². The van der Waals surface area contributed by atoms with Crippen LogP contribution in [0.25, 0.3) is 10.9 Å². The molecule has 1 heterocycles. The molecule has 23 heavy (non-hydrogen) atoms. The maximum Gasteiger partial charge on any atom is 0.397 e. The van der Waals surface area contributed by atoms with Crippen LogP contribution in [-0.4, -0.2) is 4.98 Å². The van der Waals surface area contributed by atoms with E-state index in [0.29, 0.717) is 17.5 Å². The highest BCUT2D eigenvalue weighted by atomic mass is 16.6. The third-order valence-electron chi connectivity index (χ3n) is 3.65. The Bertz CT molecular complexity index is 876. The van der Waals surface area contributed by atoms with Crippen molar-refractivity contribution >= 4 is 10.9 Å². The van der Waals surface area contributed by atoms with Gasteiger partial charge in [0.25, 0.3) is 0 Å². The number of nitrogens with zero attached hydrogens (tertiary/aromatic N) is 1. The van der Waals surface area contributed by atoms with Crippen LogP contribution in [0.15, 0.2) is 57.7 Å². The molecule has 0 fully saturated rings. The van der Waals surface area contributed by atoms with Gasteiger partial charge in [0.2, 0.25) is 0 Å². The molecule has 0 aliphatic rings. The number of aromatic nitrogens is 1. The van der Waals surface area contributed by atoms with Gasteiger partial charge in [-0.05, 0) is 22.6 Å². The molecule has 4 nitrogen and oxygen atoms in total. The molecule has 0 aliphatic heterocycles. The molecule has 3 aromatic rings. The van der Waals surface area contributed by atoms with E-state index >= 15 is 0 Å². The lowest BCUT2D eigenvalue weighted by molar-refractivity contribution is 0.207. The minimum atomic E-state index is -0.413. The summed E-state index contributed by atoms with van der Waals surface area (Å²) in [6.07, 6.45) is -0.00240. The fourth-order valence-electron chi connectivity index (χ4n) is 2.51. The summed E-state index contributed by atoms with van der Waals surface area (Å²) in [6.45, 7) is 6.48. The van der Waals surface area contributed by atoms with Gasteiger partial charge in [0.1, 0.15) is 6.61 Å². The number of hydrogen-bond acceptors (Lipinski definition) is 4. The van der Waals surface area contributed by atoms with Crippen molar-refractivity contribution in [2.75, 3.05) is 0 Å². The summed E-state index contributed by atoms with van der Waals surface area (Å²) >= 11 is 0. The van der Waals surface area contributed by atoms with Crippen LogP contribution in [0.5, 0.6) is 6.08 Å². The smallest absolute Gasteiger partial charge is 0.397 e. The first kappa shape index (κ1) is 15.3. The van der Waals surface area contributed by atoms with E-state index in [2.05, 4.69) is 25.8 Å². The average Bonchev–Trinajstić information content (AvgIpc) is 2.52. The van der Waals surface area contributed by atoms with Crippen LogP contribution in [-0.2, 0) is 12.0 Å². The van der Waals surface area contributed by atoms with E-state index < -0.39 is 5.63 Å². The van der Waals surface area contributed by atoms with Crippen molar-refractivity contribution in [2.45, 2.75) is 32.8 Å². The van der Waals surface area contributed by atoms with Gasteiger partial charge in [-0.3, -0.25) is 0 Å². The van der Waals surface area contributed by atoms with Crippen molar-refractivity contribution < 1.29 is 9.15 Å². The Hall–Kier alpha value is -2.62. The van der Waals surface area contributed by atoms with Gasteiger partial charge in [-0.1, -0.05) is 63.2 Å². The topological polar surface area (TPSA) is 52.3 Å². The molecule has 0 spiro atoms. The van der Waals surface area contributed by atoms with Gasteiger partial charge in [0.15, 0.2) is 0 Å². The number of hydrogen-bond donors (Lipinski definition) is 0. The Kier molecular flexibility index (Phi) is 3.90. The van der Waals surface area contributed by atoms with Crippen LogP contribution < -0.4 is 10.4 Å². The van der Waals surface area contributed by atoms with E-state index in [4.69, 9.17) is 9.15 Å². The zero-order chi connectivity index (χ0) is 16.4. The average molecular weight is 309 g/mol. The predicted octanol–water partition coefficient (Wildman–Crippen LogP) is 4.06. The maximum absolute atomic E-state index is 12.4. The minimum Gasteiger partial charge on any atom is -0.445 e. The Labute approximate surface area is 134 Å². The van der Waals surface area contributed by atoms with Crippen molar-refractivity contribution in [1.29, 1.82) is 0 Å². The maximum atomic E-state index is 12.4. The normalized spacial score (nSPS) is 11.6. The third kappa shape index (κ3) is 3.26. The van der Waals surface area contributed by atoms with E-state index in [-0.39, 0.29) is 11.5 Å². The van der Waals surface area contributed by atoms with Crippen molar-refractivity contribution in [3.05, 3.63) is 70.1 Å². The molecule has 0 atom stereocenters. The summed E-state index contributed by atoms with van der Waals surface area (Å²) < 4.78 is 10.8. The molecule has 0 bridgehead atoms. The zero-order valence-electron chi connectivity index (χ0n) is 13.5. The predicted molar refractivity (Wildman–Crippen MR) is 89.8 cm³/mol. The fraction of sp³-hybridized carbons (Fsp3) is 0.263. The van der Waals surface area contributed by atoms with Gasteiger partial charge >= 0.3 is 11.7 Å². The Morgan fingerprint density at radius 1 is 1.04 bits per heavy atom. The van der Waals surface area contributed by atoms with E-state index in [9.17, 15) is 4.79 Å². The van der Waals surface area contributed by atoms with Gasteiger partial charge in [0.05, 0.1) is 10.9 Å². The van der Waals surface area contributed by atoms with Crippen molar-refractivity contribution in [2.24, 2.45) is 0 Å². The molecule has 2 aromatic carbocycles. The Morgan fingerprint density at radius 2 is 1.78 bits per heavy atom. The summed E-state index contributed by atoms with van der Waals surface area (Å²) in [5.74, 6) is 0. The lowest BCUT2D eigenvalue weighted by atomic mass is 9.85. The standard InChI is InChI=1S/C19H19NO3/c1-19(2,3)14-10-7-11-15-16(14)17(21)23-18(20-15)22-12-13-8-5-4-6-9-13/h4-11H,12H2,1-3H3. The second-order valence-electron chi connectivity index (χ2n) is 6.49. The summed E-state index contributed by atoms with van der Waals surface area (Å²) in [5, 5.41) is 0.520. The molecule has 0 amide bonds. The summed E-state index contributed by atoms with van der Waals surface area (Å²) in [5.41, 5.74) is 1.93. The largest absolute Gasteiger partial charge is 0.445 e. The van der Waals surface area contributed by atoms with E-state index in [1.54, 1.807) is 6.07 Å². The van der Waals surface area contributed by atoms with Crippen molar-refractivity contribution in [1.82, 2.24) is 4.98 Å². The molecule has 0 radical (unpaired) electrons. The number of rotatable bonds is 3. The fourth-order valence-corrected chi connectivity index (χ4v) is 2.51. The van der Waals surface area contributed by atoms with Crippen LogP contribution in [0.4, 0.5) is 0 Å². The van der Waals surface area contributed by atoms with Crippen LogP contribution in [0, 0.1) is 0 Å². The highest BCUT2D eigenvalue weighted by Crippen LogP contribution is 2.28. The third-order valence-corrected chi connectivity index (χ3v) is 3.65. The van der Waals surface area contributed by atoms with Gasteiger partial charge in [0, 0.05) is 0 Å². The number of ether oxygens (including phenoxy) is 1. The number of benzene rings is 2. The minimum absolute atomic E-state index is 0.00240. The molecule has 0 N–H and O–H groups in total. The Balaban J connectivity index is 1.98. The van der Waals surface area contributed by atoms with Crippen LogP contribution in [0.1, 0.15) is 31.9 Å². The van der Waals surface area contributed by atoms with E-state index in [1.807, 2.05) is 42.5 Å². The molecule has 3 rings (SSSR count). The number of fused-ring (bicyclic) bond motifs is 1. The van der Waals surface area contributed by atoms with Crippen molar-refractivity contribution in [3.8, 4) is 6.08 Å². The van der Waals surface area contributed by atoms with E-state index in [1.165, 1.54) is 0 Å². The van der Waals surface area contributed by atoms with Crippen LogP contribution in [0.3, 0.4) is 0 Å². The second kappa shape index (κ2) is 5.88. The molecular weight excluding hydrogens is 290 g/mol. The van der Waals surface area contributed by atoms with Gasteiger partial charge in [-0.25, -0.2) is 4.79 Å². The van der Waals surface area contributed by atoms with Crippen LogP contribution >= 0.6 is 0 Å². The highest BCUT2D eigenvalue weighted by Gasteiger charge is 2.20. The SMILES string of the molecule is CC(C)(C)c1cccc2nc(OCc3ccccc3)oc(=O)c12. The lowest BCUT2D eigenvalue weighted by Gasteiger charge is -2.20. The molecule has 0 unspecified atom stereocenters. The molecule has 1 aromatic heterocycles. The molecule has 4 heteroatoms. The summed E-state index contributed by atoms with van der Waals surface area (Å²) in [6, 6.07) is 15.3. The first-order valence-electron chi connectivity index (χ1n) is 7.56. The van der Waals surface area contributed by atoms with Crippen molar-refractivity contribution in [3.63, 3.8) is 0 Å². The Morgan fingerprint density at radius 3 is 2.48 bits per heavy atom. The first-order chi connectivity index (χ1) is 10.9. The molecule has 118 valence electrons. The molecular formula is C19H19NO3. The van der Waals surface area contributed by atoms with Gasteiger partial charge in [-0.2, -0.15) is 4.98 Å². The zero-order valence-corrected chi connectivity index (χ0v) is 13.5. The van der Waals surface area contributed by atoms with Gasteiger partial charge < -0.3 is 9.15 Å². The van der Waals surface area contributed by atoms with Gasteiger partial charge in [-0.15, -0.1) is 0 Å². The second-order valence-corrected chi connectivity index (χ2v) is 6.49. The quantitative estimate of drug-likeness (QED) is 0.732. The monoisotopic (exact) mass is 309 g/mol. The lowest BCUT2D eigenvalue weighted by Crippen LogP contribution is -2.16. The summed E-state index contributed by atoms with van der Waals surface area (Å²) in [7, 11) is 0. The molecule has 0 saturated heterocycles.